The minimum absolute atomic E-state index is 0.369. The van der Waals surface area contributed by atoms with Gasteiger partial charge in [0.2, 0.25) is 5.91 Å². The largest absolute Gasteiger partial charge is 0.497 e. The van der Waals surface area contributed by atoms with E-state index in [1.807, 2.05) is 50.6 Å². The molecule has 1 heterocycles. The lowest BCUT2D eigenvalue weighted by molar-refractivity contribution is -0.125. The van der Waals surface area contributed by atoms with Gasteiger partial charge in [0.15, 0.2) is 5.69 Å². The van der Waals surface area contributed by atoms with Gasteiger partial charge in [-0.15, -0.1) is 0 Å². The van der Waals surface area contributed by atoms with Gasteiger partial charge in [0, 0.05) is 23.2 Å². The van der Waals surface area contributed by atoms with Crippen LogP contribution in [0.2, 0.25) is 0 Å². The molecule has 0 aliphatic heterocycles. The topological polar surface area (TPSA) is 93.9 Å². The molecular weight excluding hydrogens is 328 g/mol. The molecule has 0 atom stereocenters. The quantitative estimate of drug-likeness (QED) is 0.827. The van der Waals surface area contributed by atoms with Crippen molar-refractivity contribution in [1.29, 1.82) is 5.26 Å². The molecule has 0 saturated heterocycles. The predicted octanol–water partition coefficient (Wildman–Crippen LogP) is 3.07. The van der Waals surface area contributed by atoms with Crippen molar-refractivity contribution < 1.29 is 9.53 Å². The lowest BCUT2D eigenvalue weighted by atomic mass is 9.82. The van der Waals surface area contributed by atoms with Crippen molar-refractivity contribution in [2.75, 3.05) is 7.11 Å². The maximum absolute atomic E-state index is 11.8. The first-order chi connectivity index (χ1) is 12.3. The standard InChI is InChI=1S/C20H26N4O2/c1-6-17-18(16(12-21)23-24(17)7-2)15-9-8-14(26-5)10-13(15)11-20(3,4)19(22)25/h8-10H,6-7,11H2,1-5H3,(H2,22,25). The lowest BCUT2D eigenvalue weighted by Gasteiger charge is -2.23. The van der Waals surface area contributed by atoms with E-state index in [0.717, 1.165) is 28.8 Å². The molecule has 26 heavy (non-hydrogen) atoms. The molecule has 0 radical (unpaired) electrons. The molecule has 1 aromatic carbocycles. The fourth-order valence-corrected chi connectivity index (χ4v) is 3.13. The summed E-state index contributed by atoms with van der Waals surface area (Å²) in [5.41, 5.74) is 8.89. The van der Waals surface area contributed by atoms with Crippen LogP contribution < -0.4 is 10.5 Å². The Hall–Kier alpha value is -2.81. The molecule has 0 unspecified atom stereocenters. The minimum Gasteiger partial charge on any atom is -0.497 e. The summed E-state index contributed by atoms with van der Waals surface area (Å²) in [4.78, 5) is 11.8. The smallest absolute Gasteiger partial charge is 0.223 e. The van der Waals surface area contributed by atoms with Gasteiger partial charge in [-0.1, -0.05) is 26.8 Å². The molecule has 6 heteroatoms. The van der Waals surface area contributed by atoms with Crippen LogP contribution in [-0.4, -0.2) is 22.8 Å². The third kappa shape index (κ3) is 3.57. The zero-order chi connectivity index (χ0) is 19.5. The SMILES string of the molecule is CCc1c(-c2ccc(OC)cc2CC(C)(C)C(N)=O)c(C#N)nn1CC. The van der Waals surface area contributed by atoms with Crippen LogP contribution in [0.4, 0.5) is 0 Å². The molecule has 2 aromatic rings. The van der Waals surface area contributed by atoms with Crippen LogP contribution in [0.3, 0.4) is 0 Å². The number of nitrogens with two attached hydrogens (primary N) is 1. The molecule has 138 valence electrons. The van der Waals surface area contributed by atoms with Gasteiger partial charge in [0.25, 0.3) is 0 Å². The van der Waals surface area contributed by atoms with Crippen LogP contribution in [0.15, 0.2) is 18.2 Å². The molecule has 0 spiro atoms. The van der Waals surface area contributed by atoms with Crippen molar-refractivity contribution in [3.05, 3.63) is 35.2 Å². The first-order valence-electron chi connectivity index (χ1n) is 8.76. The van der Waals surface area contributed by atoms with Gasteiger partial charge in [0.05, 0.1) is 7.11 Å². The molecule has 2 rings (SSSR count). The number of carbonyl (C=O) groups is 1. The third-order valence-electron chi connectivity index (χ3n) is 4.68. The summed E-state index contributed by atoms with van der Waals surface area (Å²) in [6.07, 6.45) is 1.20. The number of hydrogen-bond acceptors (Lipinski definition) is 4. The minimum atomic E-state index is -0.721. The summed E-state index contributed by atoms with van der Waals surface area (Å²) in [6.45, 7) is 8.38. The molecule has 0 saturated carbocycles. The highest BCUT2D eigenvalue weighted by Gasteiger charge is 2.28. The molecule has 2 N–H and O–H groups in total. The molecular formula is C20H26N4O2. The average Bonchev–Trinajstić information content (AvgIpc) is 2.98. The summed E-state index contributed by atoms with van der Waals surface area (Å²) < 4.78 is 7.22. The predicted molar refractivity (Wildman–Crippen MR) is 101 cm³/mol. The fraction of sp³-hybridized carbons (Fsp3) is 0.450. The molecule has 1 aromatic heterocycles. The zero-order valence-corrected chi connectivity index (χ0v) is 16.1. The second-order valence-corrected chi connectivity index (χ2v) is 6.90. The van der Waals surface area contributed by atoms with Gasteiger partial charge in [-0.3, -0.25) is 9.48 Å². The molecule has 1 amide bonds. The Bertz CT molecular complexity index is 859. The van der Waals surface area contributed by atoms with Crippen LogP contribution in [0.5, 0.6) is 5.75 Å². The van der Waals surface area contributed by atoms with Crippen molar-refractivity contribution in [1.82, 2.24) is 9.78 Å². The van der Waals surface area contributed by atoms with E-state index in [1.165, 1.54) is 0 Å². The van der Waals surface area contributed by atoms with E-state index in [9.17, 15) is 10.1 Å². The number of amides is 1. The summed E-state index contributed by atoms with van der Waals surface area (Å²) in [7, 11) is 1.60. The molecule has 0 aliphatic rings. The third-order valence-corrected chi connectivity index (χ3v) is 4.68. The van der Waals surface area contributed by atoms with Crippen molar-refractivity contribution in [3.8, 4) is 22.9 Å². The van der Waals surface area contributed by atoms with E-state index >= 15 is 0 Å². The normalized spacial score (nSPS) is 11.2. The van der Waals surface area contributed by atoms with Crippen molar-refractivity contribution in [2.45, 2.75) is 47.1 Å². The van der Waals surface area contributed by atoms with Crippen LogP contribution in [0, 0.1) is 16.7 Å². The first kappa shape index (κ1) is 19.5. The van der Waals surface area contributed by atoms with Gasteiger partial charge in [-0.2, -0.15) is 10.4 Å². The molecule has 0 bridgehead atoms. The van der Waals surface area contributed by atoms with Crippen LogP contribution >= 0.6 is 0 Å². The van der Waals surface area contributed by atoms with E-state index in [4.69, 9.17) is 10.5 Å². The number of primary amides is 1. The summed E-state index contributed by atoms with van der Waals surface area (Å²) in [5.74, 6) is 0.329. The fourth-order valence-electron chi connectivity index (χ4n) is 3.13. The van der Waals surface area contributed by atoms with Gasteiger partial charge < -0.3 is 10.5 Å². The monoisotopic (exact) mass is 354 g/mol. The number of carbonyl (C=O) groups excluding carboxylic acids is 1. The van der Waals surface area contributed by atoms with Crippen LogP contribution in [-0.2, 0) is 24.2 Å². The number of ether oxygens (including phenoxy) is 1. The second kappa shape index (κ2) is 7.61. The summed E-state index contributed by atoms with van der Waals surface area (Å²) in [5, 5.41) is 14.0. The van der Waals surface area contributed by atoms with E-state index in [-0.39, 0.29) is 5.91 Å². The van der Waals surface area contributed by atoms with E-state index in [0.29, 0.717) is 24.4 Å². The highest BCUT2D eigenvalue weighted by Crippen LogP contribution is 2.36. The highest BCUT2D eigenvalue weighted by atomic mass is 16.5. The Balaban J connectivity index is 2.73. The molecule has 6 nitrogen and oxygen atoms in total. The van der Waals surface area contributed by atoms with E-state index in [2.05, 4.69) is 11.2 Å². The summed E-state index contributed by atoms with van der Waals surface area (Å²) >= 11 is 0. The van der Waals surface area contributed by atoms with Crippen LogP contribution in [0.25, 0.3) is 11.1 Å². The number of aryl methyl sites for hydroxylation is 1. The Morgan fingerprint density at radius 3 is 2.58 bits per heavy atom. The van der Waals surface area contributed by atoms with Crippen molar-refractivity contribution >= 4 is 5.91 Å². The van der Waals surface area contributed by atoms with Gasteiger partial charge in [-0.05, 0) is 43.0 Å². The van der Waals surface area contributed by atoms with Gasteiger partial charge in [-0.25, -0.2) is 0 Å². The number of hydrogen-bond donors (Lipinski definition) is 1. The number of nitrogens with zero attached hydrogens (tertiary/aromatic N) is 3. The number of rotatable bonds is 7. The Kier molecular flexibility index (Phi) is 5.71. The van der Waals surface area contributed by atoms with Gasteiger partial charge in [0.1, 0.15) is 11.8 Å². The van der Waals surface area contributed by atoms with Crippen LogP contribution in [0.1, 0.15) is 44.6 Å². The lowest BCUT2D eigenvalue weighted by Crippen LogP contribution is -2.33. The van der Waals surface area contributed by atoms with E-state index in [1.54, 1.807) is 7.11 Å². The number of methoxy groups -OCH3 is 1. The Labute approximate surface area is 154 Å². The Morgan fingerprint density at radius 2 is 2.08 bits per heavy atom. The zero-order valence-electron chi connectivity index (χ0n) is 16.1. The molecule has 0 fully saturated rings. The number of benzene rings is 1. The van der Waals surface area contributed by atoms with E-state index < -0.39 is 5.41 Å². The van der Waals surface area contributed by atoms with Gasteiger partial charge >= 0.3 is 0 Å². The maximum Gasteiger partial charge on any atom is 0.223 e. The first-order valence-corrected chi connectivity index (χ1v) is 8.76. The average molecular weight is 354 g/mol. The van der Waals surface area contributed by atoms with Crippen molar-refractivity contribution in [3.63, 3.8) is 0 Å². The maximum atomic E-state index is 11.8. The van der Waals surface area contributed by atoms with Crippen molar-refractivity contribution in [2.24, 2.45) is 11.1 Å². The summed E-state index contributed by atoms with van der Waals surface area (Å²) in [6, 6.07) is 7.91. The number of nitriles is 1. The molecule has 0 aliphatic carbocycles. The number of aromatic nitrogens is 2. The highest BCUT2D eigenvalue weighted by molar-refractivity contribution is 5.81. The second-order valence-electron chi connectivity index (χ2n) is 6.90. The Morgan fingerprint density at radius 1 is 1.38 bits per heavy atom.